The van der Waals surface area contributed by atoms with E-state index in [9.17, 15) is 54.7 Å². The summed E-state index contributed by atoms with van der Waals surface area (Å²) < 4.78 is 91.8. The fourth-order valence-corrected chi connectivity index (χ4v) is 2.57. The van der Waals surface area contributed by atoms with Gasteiger partial charge < -0.3 is 32.1 Å². The molecule has 0 rings (SSSR count). The molecule has 0 aromatic carbocycles. The number of hydrogen-bond acceptors (Lipinski definition) is 7. The molecule has 0 bridgehead atoms. The molecule has 0 heterocycles. The second-order valence-electron chi connectivity index (χ2n) is 7.06. The number of halogens is 7. The minimum absolute atomic E-state index is 0.0225. The van der Waals surface area contributed by atoms with Gasteiger partial charge in [-0.05, 0) is 6.92 Å². The van der Waals surface area contributed by atoms with E-state index in [0.29, 0.717) is 0 Å². The van der Waals surface area contributed by atoms with Gasteiger partial charge in [0.05, 0.1) is 13.0 Å². The molecule has 3 atom stereocenters. The van der Waals surface area contributed by atoms with Crippen molar-refractivity contribution >= 4 is 29.5 Å². The van der Waals surface area contributed by atoms with Crippen LogP contribution in [0, 0.1) is 5.92 Å². The zero-order valence-electron chi connectivity index (χ0n) is 18.1. The molecule has 3 amide bonds. The number of nitrogens with one attached hydrogen (secondary N) is 4. The van der Waals surface area contributed by atoms with Crippen molar-refractivity contribution in [2.45, 2.75) is 43.8 Å². The minimum Gasteiger partial charge on any atom is -0.481 e. The van der Waals surface area contributed by atoms with Crippen LogP contribution in [0.25, 0.3) is 0 Å². The Bertz CT molecular complexity index is 763. The van der Waals surface area contributed by atoms with Crippen molar-refractivity contribution in [2.24, 2.45) is 11.7 Å². The summed E-state index contributed by atoms with van der Waals surface area (Å²) in [5.41, 5.74) is 5.13. The molecule has 0 saturated carbocycles. The van der Waals surface area contributed by atoms with Gasteiger partial charge in [-0.25, -0.2) is 4.39 Å². The molecular formula is C17H24F7N5O6. The Hall–Kier alpha value is -3.02. The van der Waals surface area contributed by atoms with E-state index < -0.39 is 85.5 Å². The normalized spacial score (nSPS) is 14.6. The number of carbonyl (C=O) groups is 5. The molecule has 11 nitrogen and oxygen atoms in total. The number of nitrogens with two attached hydrogens (primary N) is 1. The van der Waals surface area contributed by atoms with Crippen LogP contribution in [0.5, 0.6) is 0 Å². The highest BCUT2D eigenvalue weighted by Gasteiger charge is 2.62. The number of hydrogen-bond donors (Lipinski definition) is 6. The number of carbonyl (C=O) groups excluding carboxylic acids is 4. The molecule has 0 aromatic rings. The van der Waals surface area contributed by atoms with Crippen molar-refractivity contribution in [1.29, 1.82) is 0 Å². The molecule has 0 aliphatic heterocycles. The highest BCUT2D eigenvalue weighted by molar-refractivity contribution is 5.96. The first kappa shape index (κ1) is 32.0. The number of alkyl halides is 7. The van der Waals surface area contributed by atoms with Crippen LogP contribution in [-0.2, 0) is 24.0 Å². The molecule has 18 heteroatoms. The lowest BCUT2D eigenvalue weighted by atomic mass is 9.96. The van der Waals surface area contributed by atoms with E-state index in [4.69, 9.17) is 10.8 Å². The molecule has 0 saturated heterocycles. The first-order chi connectivity index (χ1) is 15.9. The molecule has 0 aromatic heterocycles. The summed E-state index contributed by atoms with van der Waals surface area (Å²) in [4.78, 5) is 58.5. The first-order valence-electron chi connectivity index (χ1n) is 9.70. The zero-order valence-corrected chi connectivity index (χ0v) is 18.1. The van der Waals surface area contributed by atoms with Gasteiger partial charge in [-0.3, -0.25) is 24.0 Å². The van der Waals surface area contributed by atoms with Crippen LogP contribution < -0.4 is 27.0 Å². The molecule has 0 spiro atoms. The average Bonchev–Trinajstić information content (AvgIpc) is 2.69. The predicted molar refractivity (Wildman–Crippen MR) is 102 cm³/mol. The van der Waals surface area contributed by atoms with Crippen molar-refractivity contribution in [1.82, 2.24) is 21.3 Å². The minimum atomic E-state index is -6.05. The van der Waals surface area contributed by atoms with Gasteiger partial charge in [-0.15, -0.1) is 0 Å². The van der Waals surface area contributed by atoms with Gasteiger partial charge in [0.1, 0.15) is 24.8 Å². The number of carboxylic acids is 1. The highest BCUT2D eigenvalue weighted by Crippen LogP contribution is 2.41. The Morgan fingerprint density at radius 2 is 1.46 bits per heavy atom. The summed E-state index contributed by atoms with van der Waals surface area (Å²) in [7, 11) is 0. The lowest BCUT2D eigenvalue weighted by Gasteiger charge is -2.31. The van der Waals surface area contributed by atoms with Crippen LogP contribution in [0.2, 0.25) is 0 Å². The quantitative estimate of drug-likeness (QED) is 0.120. The Kier molecular flexibility index (Phi) is 12.6. The number of aliphatic carboxylic acids is 1. The van der Waals surface area contributed by atoms with Gasteiger partial charge in [0.2, 0.25) is 17.7 Å². The van der Waals surface area contributed by atoms with Crippen LogP contribution in [0.4, 0.5) is 30.7 Å². The van der Waals surface area contributed by atoms with Crippen LogP contribution in [-0.4, -0.2) is 91.4 Å². The van der Waals surface area contributed by atoms with Crippen molar-refractivity contribution in [3.63, 3.8) is 0 Å². The van der Waals surface area contributed by atoms with Gasteiger partial charge in [0.25, 0.3) is 0 Å². The number of Topliss-reactive ketones (excluding diaryl/α,β-unsaturated/α-hetero) is 1. The maximum atomic E-state index is 13.2. The topological polar surface area (TPSA) is 180 Å². The fourth-order valence-electron chi connectivity index (χ4n) is 2.57. The molecule has 0 fully saturated rings. The largest absolute Gasteiger partial charge is 0.481 e. The molecule has 3 unspecified atom stereocenters. The Balaban J connectivity index is 5.77. The predicted octanol–water partition coefficient (Wildman–Crippen LogP) is -1.24. The van der Waals surface area contributed by atoms with Crippen LogP contribution >= 0.6 is 0 Å². The van der Waals surface area contributed by atoms with Crippen molar-refractivity contribution in [3.05, 3.63) is 0 Å². The van der Waals surface area contributed by atoms with Crippen LogP contribution in [0.15, 0.2) is 0 Å². The molecule has 7 N–H and O–H groups in total. The lowest BCUT2D eigenvalue weighted by Crippen LogP contribution is -2.62. The summed E-state index contributed by atoms with van der Waals surface area (Å²) in [6.07, 6.45) is -13.2. The summed E-state index contributed by atoms with van der Waals surface area (Å²) in [6, 6.07) is -7.12. The maximum absolute atomic E-state index is 13.2. The summed E-state index contributed by atoms with van der Waals surface area (Å²) in [5, 5.41) is 15.6. The SMILES string of the molecule is CC(NC(=O)C(NC(=O)CNCCN)C(C(F)(F)F)C(F)(F)F)C(=O)NC(CC(=O)O)C(=O)CF. The molecule has 202 valence electrons. The van der Waals surface area contributed by atoms with Gasteiger partial charge in [0, 0.05) is 13.1 Å². The van der Waals surface area contributed by atoms with Crippen molar-refractivity contribution in [3.8, 4) is 0 Å². The Morgan fingerprint density at radius 1 is 0.914 bits per heavy atom. The summed E-state index contributed by atoms with van der Waals surface area (Å²) in [5.74, 6) is -12.3. The van der Waals surface area contributed by atoms with E-state index in [-0.39, 0.29) is 13.1 Å². The van der Waals surface area contributed by atoms with E-state index >= 15 is 0 Å². The molecule has 0 radical (unpaired) electrons. The standard InChI is InChI=1S/C17H24F7N5O6/c1-7(14(34)28-8(4-11(32)33)9(30)5-18)27-15(35)12(29-10(31)6-26-3-2-25)13(16(19,20)21)17(22,23)24/h7-8,12-13,26H,2-6,25H2,1H3,(H,27,35)(H,28,34)(H,29,31)(H,32,33). The van der Waals surface area contributed by atoms with E-state index in [1.54, 1.807) is 5.32 Å². The molecule has 0 aliphatic carbocycles. The Labute approximate surface area is 193 Å². The average molecular weight is 527 g/mol. The van der Waals surface area contributed by atoms with E-state index in [2.05, 4.69) is 5.32 Å². The van der Waals surface area contributed by atoms with Crippen LogP contribution in [0.1, 0.15) is 13.3 Å². The number of carboxylic acid groups (broad SMARTS) is 1. The maximum Gasteiger partial charge on any atom is 0.403 e. The molecule has 35 heavy (non-hydrogen) atoms. The number of amides is 3. The monoisotopic (exact) mass is 527 g/mol. The van der Waals surface area contributed by atoms with Gasteiger partial charge in [-0.1, -0.05) is 0 Å². The summed E-state index contributed by atoms with van der Waals surface area (Å²) in [6.45, 7) is -1.75. The highest BCUT2D eigenvalue weighted by atomic mass is 19.4. The van der Waals surface area contributed by atoms with E-state index in [1.807, 2.05) is 0 Å². The smallest absolute Gasteiger partial charge is 0.403 e. The van der Waals surface area contributed by atoms with Crippen LogP contribution in [0.3, 0.4) is 0 Å². The molecule has 0 aliphatic rings. The van der Waals surface area contributed by atoms with E-state index in [0.717, 1.165) is 6.92 Å². The molecular weight excluding hydrogens is 503 g/mol. The lowest BCUT2D eigenvalue weighted by molar-refractivity contribution is -0.289. The van der Waals surface area contributed by atoms with Gasteiger partial charge in [-0.2, -0.15) is 26.3 Å². The van der Waals surface area contributed by atoms with Crippen molar-refractivity contribution in [2.75, 3.05) is 26.3 Å². The summed E-state index contributed by atoms with van der Waals surface area (Å²) >= 11 is 0. The van der Waals surface area contributed by atoms with Gasteiger partial charge >= 0.3 is 18.3 Å². The number of rotatable bonds is 14. The zero-order chi connectivity index (χ0) is 27.6. The third-order valence-corrected chi connectivity index (χ3v) is 4.21. The first-order valence-corrected chi connectivity index (χ1v) is 9.70. The Morgan fingerprint density at radius 3 is 1.89 bits per heavy atom. The third-order valence-electron chi connectivity index (χ3n) is 4.21. The second-order valence-corrected chi connectivity index (χ2v) is 7.06. The third kappa shape index (κ3) is 11.3. The van der Waals surface area contributed by atoms with Crippen molar-refractivity contribution < 1.29 is 59.8 Å². The number of ketones is 1. The second kappa shape index (κ2) is 13.8. The van der Waals surface area contributed by atoms with E-state index in [1.165, 1.54) is 10.6 Å². The van der Waals surface area contributed by atoms with Gasteiger partial charge in [0.15, 0.2) is 11.7 Å². The fraction of sp³-hybridized carbons (Fsp3) is 0.706.